The highest BCUT2D eigenvalue weighted by Crippen LogP contribution is 2.59. The van der Waals surface area contributed by atoms with Gasteiger partial charge in [-0.1, -0.05) is 19.1 Å². The van der Waals surface area contributed by atoms with Crippen molar-refractivity contribution in [2.75, 3.05) is 0 Å². The third kappa shape index (κ3) is 0.752. The Morgan fingerprint density at radius 3 is 2.09 bits per heavy atom. The maximum Gasteiger partial charge on any atom is 0.0719 e. The quantitative estimate of drug-likeness (QED) is 0.530. The van der Waals surface area contributed by atoms with Crippen LogP contribution in [0.1, 0.15) is 6.92 Å². The zero-order valence-electron chi connectivity index (χ0n) is 6.44. The molecule has 1 heterocycles. The summed E-state index contributed by atoms with van der Waals surface area (Å²) < 4.78 is 0. The highest BCUT2D eigenvalue weighted by Gasteiger charge is 2.52. The SMILES string of the molecule is CC1C2C=CC1C1S[CH]SC21. The van der Waals surface area contributed by atoms with E-state index in [4.69, 9.17) is 0 Å². The van der Waals surface area contributed by atoms with Gasteiger partial charge in [-0.3, -0.25) is 0 Å². The molecule has 3 aliphatic rings. The fourth-order valence-corrected chi connectivity index (χ4v) is 6.00. The van der Waals surface area contributed by atoms with Gasteiger partial charge in [-0.05, 0) is 17.8 Å². The van der Waals surface area contributed by atoms with Crippen LogP contribution in [-0.4, -0.2) is 10.5 Å². The number of fused-ring (bicyclic) bond motifs is 5. The van der Waals surface area contributed by atoms with Crippen molar-refractivity contribution in [1.82, 2.24) is 0 Å². The molecular formula is C9H11S2. The summed E-state index contributed by atoms with van der Waals surface area (Å²) in [6.07, 6.45) is 4.90. The number of rotatable bonds is 0. The van der Waals surface area contributed by atoms with Crippen LogP contribution < -0.4 is 0 Å². The summed E-state index contributed by atoms with van der Waals surface area (Å²) in [5.41, 5.74) is 0. The highest BCUT2D eigenvalue weighted by atomic mass is 32.2. The second-order valence-corrected chi connectivity index (χ2v) is 6.10. The van der Waals surface area contributed by atoms with Crippen molar-refractivity contribution >= 4 is 23.5 Å². The van der Waals surface area contributed by atoms with Crippen LogP contribution in [0.5, 0.6) is 0 Å². The first-order valence-corrected chi connectivity index (χ1v) is 6.07. The number of hydrogen-bond acceptors (Lipinski definition) is 2. The molecule has 0 spiro atoms. The fraction of sp³-hybridized carbons (Fsp3) is 0.667. The van der Waals surface area contributed by atoms with Crippen molar-refractivity contribution < 1.29 is 0 Å². The van der Waals surface area contributed by atoms with Crippen LogP contribution in [0.15, 0.2) is 12.2 Å². The van der Waals surface area contributed by atoms with Gasteiger partial charge in [-0.2, -0.15) is 0 Å². The molecule has 1 saturated heterocycles. The first-order valence-electron chi connectivity index (χ1n) is 4.19. The lowest BCUT2D eigenvalue weighted by atomic mass is 9.99. The molecule has 0 aromatic heterocycles. The van der Waals surface area contributed by atoms with Gasteiger partial charge in [0, 0.05) is 10.5 Å². The second-order valence-electron chi connectivity index (χ2n) is 3.70. The van der Waals surface area contributed by atoms with E-state index < -0.39 is 0 Å². The molecule has 1 aliphatic heterocycles. The van der Waals surface area contributed by atoms with Crippen LogP contribution in [0, 0.1) is 22.8 Å². The lowest BCUT2D eigenvalue weighted by Crippen LogP contribution is -2.19. The summed E-state index contributed by atoms with van der Waals surface area (Å²) in [5.74, 6) is 2.71. The predicted octanol–water partition coefficient (Wildman–Crippen LogP) is 2.77. The third-order valence-electron chi connectivity index (χ3n) is 3.28. The van der Waals surface area contributed by atoms with E-state index in [1.165, 1.54) is 0 Å². The van der Waals surface area contributed by atoms with Crippen molar-refractivity contribution in [2.45, 2.75) is 17.4 Å². The average Bonchev–Trinajstić information content (AvgIpc) is 2.61. The lowest BCUT2D eigenvalue weighted by Gasteiger charge is -2.17. The van der Waals surface area contributed by atoms with Crippen LogP contribution in [0.3, 0.4) is 0 Å². The van der Waals surface area contributed by atoms with Crippen LogP contribution in [-0.2, 0) is 0 Å². The molecular weight excluding hydrogens is 172 g/mol. The molecule has 1 radical (unpaired) electrons. The van der Waals surface area contributed by atoms with Gasteiger partial charge in [0.15, 0.2) is 0 Å². The Balaban J connectivity index is 1.99. The molecule has 2 bridgehead atoms. The largest absolute Gasteiger partial charge is 0.140 e. The molecule has 2 fully saturated rings. The van der Waals surface area contributed by atoms with Gasteiger partial charge in [0.1, 0.15) is 0 Å². The Morgan fingerprint density at radius 1 is 1.00 bits per heavy atom. The molecule has 0 nitrogen and oxygen atoms in total. The molecule has 4 atom stereocenters. The van der Waals surface area contributed by atoms with E-state index in [1.807, 2.05) is 0 Å². The maximum absolute atomic E-state index is 2.45. The Bertz CT molecular complexity index is 192. The van der Waals surface area contributed by atoms with Gasteiger partial charge in [-0.15, -0.1) is 23.5 Å². The van der Waals surface area contributed by atoms with E-state index in [0.29, 0.717) is 0 Å². The monoisotopic (exact) mass is 183 g/mol. The number of hydrogen-bond donors (Lipinski definition) is 0. The summed E-state index contributed by atoms with van der Waals surface area (Å²) in [6.45, 7) is 2.41. The van der Waals surface area contributed by atoms with Gasteiger partial charge in [0.05, 0.1) is 5.08 Å². The summed E-state index contributed by atoms with van der Waals surface area (Å²) in [5, 5.41) is 4.18. The van der Waals surface area contributed by atoms with Crippen molar-refractivity contribution in [1.29, 1.82) is 0 Å². The minimum absolute atomic E-state index is 0.890. The van der Waals surface area contributed by atoms with Crippen molar-refractivity contribution in [2.24, 2.45) is 17.8 Å². The van der Waals surface area contributed by atoms with Crippen molar-refractivity contribution in [3.05, 3.63) is 17.2 Å². The molecule has 59 valence electrons. The van der Waals surface area contributed by atoms with Gasteiger partial charge in [0.2, 0.25) is 0 Å². The smallest absolute Gasteiger partial charge is 0.0719 e. The molecule has 0 aromatic carbocycles. The number of thioether (sulfide) groups is 2. The Morgan fingerprint density at radius 2 is 1.55 bits per heavy atom. The van der Waals surface area contributed by atoms with E-state index in [-0.39, 0.29) is 0 Å². The van der Waals surface area contributed by atoms with Gasteiger partial charge >= 0.3 is 0 Å². The van der Waals surface area contributed by atoms with Crippen LogP contribution in [0.2, 0.25) is 0 Å². The Hall–Kier alpha value is 0.440. The standard InChI is InChI=1S/C9H11S2/c1-5-6-2-3-7(5)9-8(6)10-4-11-9/h2-9H,1H3. The van der Waals surface area contributed by atoms with E-state index >= 15 is 0 Å². The summed E-state index contributed by atoms with van der Waals surface area (Å²) >= 11 is 4.13. The fourth-order valence-electron chi connectivity index (χ4n) is 2.62. The zero-order valence-corrected chi connectivity index (χ0v) is 8.07. The van der Waals surface area contributed by atoms with Crippen LogP contribution >= 0.6 is 23.5 Å². The van der Waals surface area contributed by atoms with Crippen molar-refractivity contribution in [3.63, 3.8) is 0 Å². The Kier molecular flexibility index (Phi) is 1.40. The van der Waals surface area contributed by atoms with Gasteiger partial charge in [-0.25, -0.2) is 0 Å². The summed E-state index contributed by atoms with van der Waals surface area (Å²) in [4.78, 5) is 0. The number of allylic oxidation sites excluding steroid dienone is 2. The molecule has 3 rings (SSSR count). The van der Waals surface area contributed by atoms with Crippen molar-refractivity contribution in [3.8, 4) is 0 Å². The van der Waals surface area contributed by atoms with E-state index in [2.05, 4.69) is 47.7 Å². The molecule has 11 heavy (non-hydrogen) atoms. The van der Waals surface area contributed by atoms with Gasteiger partial charge < -0.3 is 0 Å². The minimum atomic E-state index is 0.890. The molecule has 0 amide bonds. The Labute approximate surface area is 76.2 Å². The molecule has 4 unspecified atom stereocenters. The summed E-state index contributed by atoms with van der Waals surface area (Å²) in [7, 11) is 0. The molecule has 1 saturated carbocycles. The third-order valence-corrected chi connectivity index (χ3v) is 6.18. The van der Waals surface area contributed by atoms with Gasteiger partial charge in [0.25, 0.3) is 0 Å². The first kappa shape index (κ1) is 6.90. The second kappa shape index (κ2) is 2.23. The maximum atomic E-state index is 2.45. The van der Waals surface area contributed by atoms with E-state index in [0.717, 1.165) is 28.3 Å². The van der Waals surface area contributed by atoms with E-state index in [1.54, 1.807) is 0 Å². The molecule has 0 N–H and O–H groups in total. The normalized spacial score (nSPS) is 58.8. The highest BCUT2D eigenvalue weighted by molar-refractivity contribution is 8.23. The average molecular weight is 183 g/mol. The topological polar surface area (TPSA) is 0 Å². The minimum Gasteiger partial charge on any atom is -0.140 e. The lowest BCUT2D eigenvalue weighted by molar-refractivity contribution is 0.477. The van der Waals surface area contributed by atoms with Crippen LogP contribution in [0.25, 0.3) is 0 Å². The van der Waals surface area contributed by atoms with Crippen LogP contribution in [0.4, 0.5) is 0 Å². The van der Waals surface area contributed by atoms with E-state index in [9.17, 15) is 0 Å². The first-order chi connectivity index (χ1) is 5.38. The molecule has 2 heteroatoms. The molecule has 2 aliphatic carbocycles. The zero-order chi connectivity index (χ0) is 7.42. The molecule has 0 aromatic rings. The predicted molar refractivity (Wildman–Crippen MR) is 52.3 cm³/mol. The summed E-state index contributed by atoms with van der Waals surface area (Å²) in [6, 6.07) is 0.